The van der Waals surface area contributed by atoms with Gasteiger partial charge < -0.3 is 10.2 Å². The van der Waals surface area contributed by atoms with Gasteiger partial charge in [-0.3, -0.25) is 10.3 Å². The van der Waals surface area contributed by atoms with E-state index in [1.807, 2.05) is 12.1 Å². The van der Waals surface area contributed by atoms with Crippen LogP contribution in [-0.2, 0) is 10.4 Å². The van der Waals surface area contributed by atoms with Crippen molar-refractivity contribution in [2.24, 2.45) is 0 Å². The predicted octanol–water partition coefficient (Wildman–Crippen LogP) is 5.74. The van der Waals surface area contributed by atoms with Crippen LogP contribution in [0.2, 0.25) is 10.0 Å². The van der Waals surface area contributed by atoms with Crippen molar-refractivity contribution >= 4 is 34.9 Å². The second-order valence-electron chi connectivity index (χ2n) is 8.70. The van der Waals surface area contributed by atoms with E-state index >= 15 is 0 Å². The molecule has 11 heteroatoms. The third-order valence-electron chi connectivity index (χ3n) is 6.27. The van der Waals surface area contributed by atoms with E-state index < -0.39 is 33.2 Å². The number of urea groups is 1. The summed E-state index contributed by atoms with van der Waals surface area (Å²) in [5.41, 5.74) is 0.548. The number of hydrogen-bond acceptors (Lipinski definition) is 3. The first-order valence-corrected chi connectivity index (χ1v) is 11.4. The number of halogens is 6. The molecule has 2 fully saturated rings. The van der Waals surface area contributed by atoms with Crippen LogP contribution < -0.4 is 10.8 Å². The highest BCUT2D eigenvalue weighted by Crippen LogP contribution is 2.48. The minimum Gasteiger partial charge on any atom is -0.335 e. The Balaban J connectivity index is 1.35. The quantitative estimate of drug-likeness (QED) is 0.403. The van der Waals surface area contributed by atoms with Crippen LogP contribution in [-0.4, -0.2) is 36.2 Å². The van der Waals surface area contributed by atoms with Gasteiger partial charge in [-0.1, -0.05) is 47.5 Å². The van der Waals surface area contributed by atoms with Crippen LogP contribution in [0.25, 0.3) is 5.70 Å². The smallest absolute Gasteiger partial charge is 0.335 e. The normalized spacial score (nSPS) is 22.8. The molecule has 2 aromatic rings. The monoisotopic (exact) mass is 515 g/mol. The fraction of sp³-hybridized carbons (Fsp3) is 0.348. The van der Waals surface area contributed by atoms with Crippen molar-refractivity contribution in [3.05, 3.63) is 75.0 Å². The van der Waals surface area contributed by atoms with E-state index in [2.05, 4.69) is 10.8 Å². The minimum atomic E-state index is -4.89. The summed E-state index contributed by atoms with van der Waals surface area (Å²) < 4.78 is 56.2. The molecule has 0 aromatic heterocycles. The molecule has 5 rings (SSSR count). The topological polar surface area (TPSA) is 53.6 Å². The Morgan fingerprint density at radius 2 is 1.74 bits per heavy atom. The fourth-order valence-electron chi connectivity index (χ4n) is 4.04. The number of likely N-dealkylation sites (tertiary alicyclic amines) is 1. The van der Waals surface area contributed by atoms with Gasteiger partial charge in [-0.25, -0.2) is 9.18 Å². The average Bonchev–Trinajstić information content (AvgIpc) is 3.43. The fourth-order valence-corrected chi connectivity index (χ4v) is 4.53. The van der Waals surface area contributed by atoms with E-state index in [0.717, 1.165) is 36.6 Å². The molecule has 34 heavy (non-hydrogen) atoms. The number of benzene rings is 2. The molecule has 2 heterocycles. The van der Waals surface area contributed by atoms with Gasteiger partial charge in [0.25, 0.3) is 0 Å². The van der Waals surface area contributed by atoms with Crippen molar-refractivity contribution in [2.45, 2.75) is 36.6 Å². The molecule has 1 atom stereocenters. The van der Waals surface area contributed by atoms with E-state index in [1.165, 1.54) is 0 Å². The number of rotatable bonds is 4. The summed E-state index contributed by atoms with van der Waals surface area (Å²) in [6.07, 6.45) is -1.96. The lowest BCUT2D eigenvalue weighted by Gasteiger charge is -2.39. The Morgan fingerprint density at radius 1 is 1.12 bits per heavy atom. The summed E-state index contributed by atoms with van der Waals surface area (Å²) in [5, 5.41) is 1.86. The summed E-state index contributed by atoms with van der Waals surface area (Å²) in [6.45, 7) is 1.18. The molecule has 5 nitrogen and oxygen atoms in total. The summed E-state index contributed by atoms with van der Waals surface area (Å²) in [7, 11) is 0. The van der Waals surface area contributed by atoms with Crippen LogP contribution in [0.4, 0.5) is 22.4 Å². The first kappa shape index (κ1) is 23.3. The van der Waals surface area contributed by atoms with Crippen molar-refractivity contribution in [3.8, 4) is 0 Å². The van der Waals surface area contributed by atoms with Crippen molar-refractivity contribution in [3.63, 3.8) is 0 Å². The molecule has 1 unspecified atom stereocenters. The molecule has 1 aliphatic carbocycles. The Labute approximate surface area is 202 Å². The maximum Gasteiger partial charge on any atom is 0.428 e. The Morgan fingerprint density at radius 3 is 2.29 bits per heavy atom. The Hall–Kier alpha value is -2.49. The SMILES string of the molecule is O=C(NC1CC1)N1CC(c2ccc(C3=CC(c4cc(Cl)c(F)c(Cl)c4)(C(F)(F)F)ON3)cc2)C1. The van der Waals surface area contributed by atoms with Gasteiger partial charge in [0.15, 0.2) is 5.82 Å². The molecule has 180 valence electrons. The number of carbonyl (C=O) groups is 1. The van der Waals surface area contributed by atoms with Crippen molar-refractivity contribution in [2.75, 3.05) is 13.1 Å². The van der Waals surface area contributed by atoms with E-state index in [-0.39, 0.29) is 17.6 Å². The van der Waals surface area contributed by atoms with Gasteiger partial charge in [0.1, 0.15) is 0 Å². The van der Waals surface area contributed by atoms with E-state index in [0.29, 0.717) is 24.7 Å². The lowest BCUT2D eigenvalue weighted by molar-refractivity contribution is -0.269. The Kier molecular flexibility index (Phi) is 5.69. The van der Waals surface area contributed by atoms with Crippen molar-refractivity contribution < 1.29 is 27.2 Å². The molecular weight excluding hydrogens is 497 g/mol. The van der Waals surface area contributed by atoms with Crippen LogP contribution in [0.3, 0.4) is 0 Å². The zero-order valence-electron chi connectivity index (χ0n) is 17.6. The molecule has 0 radical (unpaired) electrons. The van der Waals surface area contributed by atoms with Crippen LogP contribution in [0.15, 0.2) is 42.5 Å². The number of nitrogens with one attached hydrogen (secondary N) is 2. The first-order valence-electron chi connectivity index (χ1n) is 10.6. The highest BCUT2D eigenvalue weighted by atomic mass is 35.5. The van der Waals surface area contributed by atoms with Crippen LogP contribution in [0.5, 0.6) is 0 Å². The number of hydrogen-bond donors (Lipinski definition) is 2. The maximum absolute atomic E-state index is 14.1. The summed E-state index contributed by atoms with van der Waals surface area (Å²) in [6, 6.07) is 8.94. The predicted molar refractivity (Wildman–Crippen MR) is 119 cm³/mol. The first-order chi connectivity index (χ1) is 16.1. The summed E-state index contributed by atoms with van der Waals surface area (Å²) >= 11 is 11.5. The largest absolute Gasteiger partial charge is 0.428 e. The van der Waals surface area contributed by atoms with E-state index in [4.69, 9.17) is 28.0 Å². The molecule has 2 aliphatic heterocycles. The third kappa shape index (κ3) is 4.10. The molecule has 3 aliphatic rings. The average molecular weight is 516 g/mol. The van der Waals surface area contributed by atoms with Crippen molar-refractivity contribution in [1.29, 1.82) is 0 Å². The highest BCUT2D eigenvalue weighted by molar-refractivity contribution is 6.35. The zero-order valence-corrected chi connectivity index (χ0v) is 19.1. The molecule has 2 amide bonds. The van der Waals surface area contributed by atoms with Gasteiger partial charge in [0.05, 0.1) is 15.7 Å². The molecule has 1 saturated heterocycles. The van der Waals surface area contributed by atoms with Crippen LogP contribution in [0.1, 0.15) is 35.4 Å². The van der Waals surface area contributed by atoms with Gasteiger partial charge in [-0.15, -0.1) is 0 Å². The number of carbonyl (C=O) groups excluding carboxylic acids is 1. The highest BCUT2D eigenvalue weighted by Gasteiger charge is 2.60. The molecule has 1 saturated carbocycles. The molecule has 2 N–H and O–H groups in total. The Bertz CT molecular complexity index is 1140. The molecule has 0 bridgehead atoms. The second kappa shape index (κ2) is 8.32. The zero-order chi connectivity index (χ0) is 24.3. The molecule has 2 aromatic carbocycles. The van der Waals surface area contributed by atoms with E-state index in [1.54, 1.807) is 17.0 Å². The number of amides is 2. The van der Waals surface area contributed by atoms with E-state index in [9.17, 15) is 22.4 Å². The lowest BCUT2D eigenvalue weighted by atomic mass is 9.89. The molecule has 0 spiro atoms. The van der Waals surface area contributed by atoms with Gasteiger partial charge >= 0.3 is 12.2 Å². The van der Waals surface area contributed by atoms with Gasteiger partial charge in [-0.05, 0) is 42.2 Å². The maximum atomic E-state index is 14.1. The number of hydroxylamine groups is 1. The van der Waals surface area contributed by atoms with Crippen LogP contribution >= 0.6 is 23.2 Å². The van der Waals surface area contributed by atoms with Gasteiger partial charge in [0.2, 0.25) is 5.60 Å². The number of nitrogens with zero attached hydrogens (tertiary/aromatic N) is 1. The minimum absolute atomic E-state index is 0.0580. The lowest BCUT2D eigenvalue weighted by Crippen LogP contribution is -2.52. The van der Waals surface area contributed by atoms with Crippen LogP contribution in [0, 0.1) is 5.82 Å². The summed E-state index contributed by atoms with van der Waals surface area (Å²) in [5.74, 6) is -0.840. The third-order valence-corrected chi connectivity index (χ3v) is 6.82. The standard InChI is InChI=1S/C23H19Cl2F4N3O2/c24-17-7-15(8-18(25)20(17)26)22(23(27,28)29)9-19(31-34-22)13-3-1-12(2-4-13)14-10-32(11-14)21(33)30-16-5-6-16/h1-4,7-9,14,16,31H,5-6,10-11H2,(H,30,33). The second-order valence-corrected chi connectivity index (χ2v) is 9.51. The van der Waals surface area contributed by atoms with Gasteiger partial charge in [-0.2, -0.15) is 13.2 Å². The number of alkyl halides is 3. The van der Waals surface area contributed by atoms with Crippen molar-refractivity contribution in [1.82, 2.24) is 15.7 Å². The molecular formula is C23H19Cl2F4N3O2. The summed E-state index contributed by atoms with van der Waals surface area (Å²) in [4.78, 5) is 18.8. The van der Waals surface area contributed by atoms with Gasteiger partial charge in [0, 0.05) is 30.6 Å².